The summed E-state index contributed by atoms with van der Waals surface area (Å²) in [5, 5.41) is 21.8. The van der Waals surface area contributed by atoms with Gasteiger partial charge in [0.25, 0.3) is 5.56 Å². The van der Waals surface area contributed by atoms with Crippen LogP contribution in [0.1, 0.15) is 12.1 Å². The summed E-state index contributed by atoms with van der Waals surface area (Å²) in [6, 6.07) is 11.3. The fourth-order valence-electron chi connectivity index (χ4n) is 3.35. The second-order valence-corrected chi connectivity index (χ2v) is 7.49. The first kappa shape index (κ1) is 24.3. The number of amides is 2. The highest BCUT2D eigenvalue weighted by atomic mass is 19.1. The van der Waals surface area contributed by atoms with Gasteiger partial charge in [-0.25, -0.2) is 9.18 Å². The van der Waals surface area contributed by atoms with E-state index in [2.05, 4.69) is 5.32 Å². The number of methoxy groups -OCH3 is 1. The zero-order valence-electron chi connectivity index (χ0n) is 18.8. The minimum atomic E-state index is -1.15. The number of hydrogen-bond acceptors (Lipinski definition) is 5. The number of nitrogens with zero attached hydrogens (tertiary/aromatic N) is 2. The minimum Gasteiger partial charge on any atom is -0.505 e. The summed E-state index contributed by atoms with van der Waals surface area (Å²) in [6.45, 7) is 1.32. The van der Waals surface area contributed by atoms with Gasteiger partial charge in [0.15, 0.2) is 5.69 Å². The van der Waals surface area contributed by atoms with Crippen LogP contribution in [-0.4, -0.2) is 40.4 Å². The molecule has 0 atom stereocenters. The number of halogens is 1. The normalized spacial score (nSPS) is 10.6. The highest BCUT2D eigenvalue weighted by Gasteiger charge is 2.28. The van der Waals surface area contributed by atoms with Crippen molar-refractivity contribution in [2.75, 3.05) is 18.6 Å². The van der Waals surface area contributed by atoms with Crippen LogP contribution in [0.25, 0.3) is 11.1 Å². The van der Waals surface area contributed by atoms with Gasteiger partial charge in [-0.3, -0.25) is 14.5 Å². The summed E-state index contributed by atoms with van der Waals surface area (Å²) in [4.78, 5) is 37.7. The summed E-state index contributed by atoms with van der Waals surface area (Å²) >= 11 is 0. The average molecular weight is 469 g/mol. The van der Waals surface area contributed by atoms with Crippen LogP contribution in [0.2, 0.25) is 0 Å². The number of pyridine rings is 1. The molecule has 0 spiro atoms. The van der Waals surface area contributed by atoms with Crippen molar-refractivity contribution in [3.05, 3.63) is 70.4 Å². The number of hydrogen-bond donors (Lipinski definition) is 3. The van der Waals surface area contributed by atoms with Crippen LogP contribution in [0.4, 0.5) is 20.6 Å². The van der Waals surface area contributed by atoms with Gasteiger partial charge in [-0.2, -0.15) is 0 Å². The molecule has 0 bridgehead atoms. The standard InChI is InChI=1S/C24H24FN3O6/c1-14-11-20(29)22(23(32)27(14)2)28(24(33)26-10-9-21(30)31)19-13-16(7-8-18(19)25)15-5-4-6-17(12-15)34-3/h4-8,11-13,29H,9-10H2,1-3H3,(H,26,33)(H,30,31). The second-order valence-electron chi connectivity index (χ2n) is 7.49. The summed E-state index contributed by atoms with van der Waals surface area (Å²) in [6.07, 6.45) is -0.385. The van der Waals surface area contributed by atoms with E-state index in [-0.39, 0.29) is 18.7 Å². The Labute approximate surface area is 194 Å². The number of aromatic hydroxyl groups is 1. The number of carboxylic acid groups (broad SMARTS) is 1. The molecule has 2 amide bonds. The van der Waals surface area contributed by atoms with E-state index < -0.39 is 34.8 Å². The van der Waals surface area contributed by atoms with Crippen molar-refractivity contribution in [1.29, 1.82) is 0 Å². The van der Waals surface area contributed by atoms with Crippen molar-refractivity contribution in [2.45, 2.75) is 13.3 Å². The molecule has 0 saturated heterocycles. The van der Waals surface area contributed by atoms with E-state index >= 15 is 4.39 Å². The highest BCUT2D eigenvalue weighted by molar-refractivity contribution is 6.01. The number of aryl methyl sites for hydroxylation is 1. The first-order valence-electron chi connectivity index (χ1n) is 10.3. The van der Waals surface area contributed by atoms with Crippen LogP contribution in [0.3, 0.4) is 0 Å². The Bertz CT molecular complexity index is 1300. The molecular weight excluding hydrogens is 445 g/mol. The lowest BCUT2D eigenvalue weighted by atomic mass is 10.0. The summed E-state index contributed by atoms with van der Waals surface area (Å²) in [5.74, 6) is -1.94. The Balaban J connectivity index is 2.19. The van der Waals surface area contributed by atoms with Crippen LogP contribution in [0.15, 0.2) is 53.3 Å². The molecule has 3 rings (SSSR count). The van der Waals surface area contributed by atoms with Crippen LogP contribution in [-0.2, 0) is 11.8 Å². The van der Waals surface area contributed by atoms with Crippen LogP contribution >= 0.6 is 0 Å². The molecule has 0 radical (unpaired) electrons. The number of anilines is 2. The second kappa shape index (κ2) is 10.1. The molecule has 0 aliphatic carbocycles. The van der Waals surface area contributed by atoms with Gasteiger partial charge in [0.2, 0.25) is 0 Å². The molecule has 9 nitrogen and oxygen atoms in total. The lowest BCUT2D eigenvalue weighted by Gasteiger charge is -2.25. The Hall–Kier alpha value is -4.34. The molecule has 0 aliphatic heterocycles. The smallest absolute Gasteiger partial charge is 0.326 e. The topological polar surface area (TPSA) is 121 Å². The molecule has 0 aliphatic rings. The van der Waals surface area contributed by atoms with Gasteiger partial charge in [-0.15, -0.1) is 0 Å². The van der Waals surface area contributed by atoms with Gasteiger partial charge in [-0.05, 0) is 42.3 Å². The fourth-order valence-corrected chi connectivity index (χ4v) is 3.35. The van der Waals surface area contributed by atoms with Gasteiger partial charge in [0.1, 0.15) is 17.3 Å². The largest absolute Gasteiger partial charge is 0.505 e. The van der Waals surface area contributed by atoms with E-state index in [1.54, 1.807) is 31.2 Å². The Morgan fingerprint density at radius 3 is 2.53 bits per heavy atom. The molecule has 2 aromatic carbocycles. The number of carboxylic acids is 1. The number of urea groups is 1. The Morgan fingerprint density at radius 2 is 1.85 bits per heavy atom. The third-order valence-electron chi connectivity index (χ3n) is 5.26. The third kappa shape index (κ3) is 5.01. The number of aromatic nitrogens is 1. The van der Waals surface area contributed by atoms with Gasteiger partial charge >= 0.3 is 12.0 Å². The van der Waals surface area contributed by atoms with Crippen LogP contribution in [0.5, 0.6) is 11.5 Å². The predicted molar refractivity (Wildman–Crippen MR) is 124 cm³/mol. The minimum absolute atomic E-state index is 0.269. The zero-order valence-corrected chi connectivity index (χ0v) is 18.8. The Kier molecular flexibility index (Phi) is 7.20. The maximum Gasteiger partial charge on any atom is 0.326 e. The number of nitrogens with one attached hydrogen (secondary N) is 1. The van der Waals surface area contributed by atoms with E-state index in [1.165, 1.54) is 36.9 Å². The van der Waals surface area contributed by atoms with Crippen molar-refractivity contribution in [3.63, 3.8) is 0 Å². The fraction of sp³-hybridized carbons (Fsp3) is 0.208. The van der Waals surface area contributed by atoms with Crippen molar-refractivity contribution in [2.24, 2.45) is 7.05 Å². The molecule has 0 fully saturated rings. The lowest BCUT2D eigenvalue weighted by Crippen LogP contribution is -2.41. The number of ether oxygens (including phenoxy) is 1. The number of rotatable bonds is 7. The molecule has 1 aromatic heterocycles. The third-order valence-corrected chi connectivity index (χ3v) is 5.26. The molecule has 178 valence electrons. The van der Waals surface area contributed by atoms with E-state index in [1.807, 2.05) is 0 Å². The molecular formula is C24H24FN3O6. The SMILES string of the molecule is COc1cccc(-c2ccc(F)c(N(C(=O)NCCC(=O)O)c3c(O)cc(C)n(C)c3=O)c2)c1. The molecule has 10 heteroatoms. The van der Waals surface area contributed by atoms with Gasteiger partial charge < -0.3 is 24.8 Å². The molecule has 3 N–H and O–H groups in total. The van der Waals surface area contributed by atoms with Crippen molar-refractivity contribution in [1.82, 2.24) is 9.88 Å². The summed E-state index contributed by atoms with van der Waals surface area (Å²) in [5.41, 5.74) is 0.0853. The van der Waals surface area contributed by atoms with Gasteiger partial charge in [0, 0.05) is 25.4 Å². The van der Waals surface area contributed by atoms with E-state index in [0.29, 0.717) is 22.6 Å². The highest BCUT2D eigenvalue weighted by Crippen LogP contribution is 2.35. The van der Waals surface area contributed by atoms with Gasteiger partial charge in [-0.1, -0.05) is 18.2 Å². The van der Waals surface area contributed by atoms with Crippen LogP contribution in [0, 0.1) is 12.7 Å². The Morgan fingerprint density at radius 1 is 1.15 bits per heavy atom. The molecule has 1 heterocycles. The van der Waals surface area contributed by atoms with Crippen molar-refractivity contribution in [3.8, 4) is 22.6 Å². The molecule has 34 heavy (non-hydrogen) atoms. The summed E-state index contributed by atoms with van der Waals surface area (Å²) in [7, 11) is 2.96. The number of aliphatic carboxylic acids is 1. The van der Waals surface area contributed by atoms with Gasteiger partial charge in [0.05, 0.1) is 19.2 Å². The predicted octanol–water partition coefficient (Wildman–Crippen LogP) is 3.54. The maximum absolute atomic E-state index is 15.1. The quantitative estimate of drug-likeness (QED) is 0.487. The van der Waals surface area contributed by atoms with E-state index in [9.17, 15) is 19.5 Å². The summed E-state index contributed by atoms with van der Waals surface area (Å²) < 4.78 is 21.5. The van der Waals surface area contributed by atoms with Crippen molar-refractivity contribution < 1.29 is 28.9 Å². The zero-order chi connectivity index (χ0) is 25.0. The molecule has 0 unspecified atom stereocenters. The monoisotopic (exact) mass is 469 g/mol. The van der Waals surface area contributed by atoms with E-state index in [0.717, 1.165) is 11.0 Å². The lowest BCUT2D eigenvalue weighted by molar-refractivity contribution is -0.136. The molecule has 3 aromatic rings. The first-order valence-corrected chi connectivity index (χ1v) is 10.3. The maximum atomic E-state index is 15.1. The van der Waals surface area contributed by atoms with Crippen molar-refractivity contribution >= 4 is 23.4 Å². The average Bonchev–Trinajstić information content (AvgIpc) is 2.80. The first-order chi connectivity index (χ1) is 16.1. The van der Waals surface area contributed by atoms with E-state index in [4.69, 9.17) is 9.84 Å². The molecule has 0 saturated carbocycles. The number of carbonyl (C=O) groups is 2. The number of carbonyl (C=O) groups excluding carboxylic acids is 1. The number of benzene rings is 2. The van der Waals surface area contributed by atoms with Crippen LogP contribution < -0.4 is 20.5 Å².